The number of rotatable bonds is 9. The van der Waals surface area contributed by atoms with E-state index in [0.717, 1.165) is 10.5 Å². The Labute approximate surface area is 180 Å². The second-order valence-corrected chi connectivity index (χ2v) is 7.38. The first-order valence-corrected chi connectivity index (χ1v) is 10.1. The van der Waals surface area contributed by atoms with Crippen molar-refractivity contribution in [3.63, 3.8) is 0 Å². The van der Waals surface area contributed by atoms with Gasteiger partial charge in [-0.05, 0) is 29.7 Å². The summed E-state index contributed by atoms with van der Waals surface area (Å²) in [6.45, 7) is 2.36. The van der Waals surface area contributed by atoms with Gasteiger partial charge < -0.3 is 15.0 Å². The second kappa shape index (κ2) is 9.70. The van der Waals surface area contributed by atoms with Gasteiger partial charge in [-0.25, -0.2) is 9.18 Å². The highest BCUT2D eigenvalue weighted by molar-refractivity contribution is 6.09. The fourth-order valence-corrected chi connectivity index (χ4v) is 3.68. The SMILES string of the molecule is CCC1(c2ccc(F)cc2)NC(=O)N(CC(=O)N(CCOC)Cc2ccccc2)C1=O. The average Bonchev–Trinajstić information content (AvgIpc) is 3.02. The normalized spacial score (nSPS) is 18.2. The number of hydrogen-bond donors (Lipinski definition) is 1. The lowest BCUT2D eigenvalue weighted by molar-refractivity contribution is -0.140. The monoisotopic (exact) mass is 427 g/mol. The first-order chi connectivity index (χ1) is 14.9. The molecule has 8 heteroatoms. The number of amides is 4. The number of imide groups is 1. The third kappa shape index (κ3) is 4.74. The fourth-order valence-electron chi connectivity index (χ4n) is 3.68. The summed E-state index contributed by atoms with van der Waals surface area (Å²) in [5.41, 5.74) is 0.0885. The van der Waals surface area contributed by atoms with Crippen molar-refractivity contribution >= 4 is 17.8 Å². The van der Waals surface area contributed by atoms with E-state index in [1.54, 1.807) is 18.9 Å². The molecule has 1 atom stereocenters. The molecule has 1 aliphatic rings. The molecule has 0 spiro atoms. The van der Waals surface area contributed by atoms with Crippen molar-refractivity contribution in [3.05, 3.63) is 71.5 Å². The molecule has 3 rings (SSSR count). The summed E-state index contributed by atoms with van der Waals surface area (Å²) < 4.78 is 18.5. The number of benzene rings is 2. The van der Waals surface area contributed by atoms with Crippen LogP contribution in [0.15, 0.2) is 54.6 Å². The Morgan fingerprint density at radius 3 is 2.42 bits per heavy atom. The zero-order valence-electron chi connectivity index (χ0n) is 17.6. The molecule has 0 saturated carbocycles. The van der Waals surface area contributed by atoms with Gasteiger partial charge in [0.2, 0.25) is 5.91 Å². The molecule has 0 bridgehead atoms. The topological polar surface area (TPSA) is 79.0 Å². The Hall–Kier alpha value is -3.26. The van der Waals surface area contributed by atoms with Gasteiger partial charge in [0.05, 0.1) is 6.61 Å². The maximum absolute atomic E-state index is 13.4. The molecular weight excluding hydrogens is 401 g/mol. The minimum absolute atomic E-state index is 0.269. The van der Waals surface area contributed by atoms with Crippen molar-refractivity contribution in [2.24, 2.45) is 0 Å². The molecule has 1 aliphatic heterocycles. The molecule has 0 radical (unpaired) electrons. The first-order valence-electron chi connectivity index (χ1n) is 10.1. The molecule has 2 aromatic carbocycles. The lowest BCUT2D eigenvalue weighted by Gasteiger charge is -2.27. The Morgan fingerprint density at radius 1 is 1.13 bits per heavy atom. The molecule has 1 N–H and O–H groups in total. The summed E-state index contributed by atoms with van der Waals surface area (Å²) in [6, 6.07) is 14.2. The van der Waals surface area contributed by atoms with Gasteiger partial charge in [-0.1, -0.05) is 49.4 Å². The summed E-state index contributed by atoms with van der Waals surface area (Å²) in [5.74, 6) is -1.32. The molecule has 1 fully saturated rings. The molecule has 4 amide bonds. The molecule has 2 aromatic rings. The van der Waals surface area contributed by atoms with Crippen LogP contribution >= 0.6 is 0 Å². The average molecular weight is 427 g/mol. The molecule has 31 heavy (non-hydrogen) atoms. The van der Waals surface area contributed by atoms with E-state index in [1.807, 2.05) is 30.3 Å². The van der Waals surface area contributed by atoms with Crippen molar-refractivity contribution in [1.82, 2.24) is 15.1 Å². The lowest BCUT2D eigenvalue weighted by Crippen LogP contribution is -2.46. The predicted molar refractivity (Wildman–Crippen MR) is 112 cm³/mol. The number of carbonyl (C=O) groups excluding carboxylic acids is 3. The molecule has 1 unspecified atom stereocenters. The van der Waals surface area contributed by atoms with E-state index >= 15 is 0 Å². The third-order valence-electron chi connectivity index (χ3n) is 5.47. The van der Waals surface area contributed by atoms with Crippen molar-refractivity contribution in [1.29, 1.82) is 0 Å². The summed E-state index contributed by atoms with van der Waals surface area (Å²) >= 11 is 0. The fraction of sp³-hybridized carbons (Fsp3) is 0.348. The lowest BCUT2D eigenvalue weighted by atomic mass is 9.87. The van der Waals surface area contributed by atoms with Crippen LogP contribution in [0, 0.1) is 5.82 Å². The number of nitrogens with zero attached hydrogens (tertiary/aromatic N) is 2. The minimum atomic E-state index is -1.32. The Balaban J connectivity index is 1.79. The minimum Gasteiger partial charge on any atom is -0.383 e. The predicted octanol–water partition coefficient (Wildman–Crippen LogP) is 2.66. The molecule has 1 heterocycles. The summed E-state index contributed by atoms with van der Waals surface area (Å²) in [4.78, 5) is 41.4. The van der Waals surface area contributed by atoms with Gasteiger partial charge in [-0.3, -0.25) is 14.5 Å². The van der Waals surface area contributed by atoms with Crippen LogP contribution in [-0.2, 0) is 26.4 Å². The van der Waals surface area contributed by atoms with Crippen LogP contribution in [0.25, 0.3) is 0 Å². The highest BCUT2D eigenvalue weighted by Crippen LogP contribution is 2.32. The van der Waals surface area contributed by atoms with Crippen molar-refractivity contribution in [2.45, 2.75) is 25.4 Å². The first kappa shape index (κ1) is 22.4. The van der Waals surface area contributed by atoms with Crippen LogP contribution in [0.1, 0.15) is 24.5 Å². The van der Waals surface area contributed by atoms with Crippen LogP contribution in [-0.4, -0.2) is 54.5 Å². The van der Waals surface area contributed by atoms with Crippen LogP contribution in [0.3, 0.4) is 0 Å². The molecule has 1 saturated heterocycles. The molecular formula is C23H26FN3O4. The van der Waals surface area contributed by atoms with Crippen LogP contribution in [0.4, 0.5) is 9.18 Å². The van der Waals surface area contributed by atoms with E-state index in [9.17, 15) is 18.8 Å². The van der Waals surface area contributed by atoms with Crippen molar-refractivity contribution in [2.75, 3.05) is 26.8 Å². The largest absolute Gasteiger partial charge is 0.383 e. The van der Waals surface area contributed by atoms with E-state index in [4.69, 9.17) is 4.74 Å². The van der Waals surface area contributed by atoms with Crippen LogP contribution in [0.5, 0.6) is 0 Å². The van der Waals surface area contributed by atoms with Crippen molar-refractivity contribution in [3.8, 4) is 0 Å². The number of nitrogens with one attached hydrogen (secondary N) is 1. The summed E-state index contributed by atoms with van der Waals surface area (Å²) in [5, 5.41) is 2.71. The number of urea groups is 1. The summed E-state index contributed by atoms with van der Waals surface area (Å²) in [7, 11) is 1.54. The molecule has 0 aromatic heterocycles. The van der Waals surface area contributed by atoms with Gasteiger partial charge in [0.1, 0.15) is 17.9 Å². The number of carbonyl (C=O) groups is 3. The van der Waals surface area contributed by atoms with Gasteiger partial charge in [0.25, 0.3) is 5.91 Å². The van der Waals surface area contributed by atoms with Gasteiger partial charge in [-0.15, -0.1) is 0 Å². The number of halogens is 1. The van der Waals surface area contributed by atoms with E-state index in [1.165, 1.54) is 24.3 Å². The molecule has 0 aliphatic carbocycles. The van der Waals surface area contributed by atoms with Gasteiger partial charge in [0, 0.05) is 20.2 Å². The zero-order valence-corrected chi connectivity index (χ0v) is 17.6. The number of hydrogen-bond acceptors (Lipinski definition) is 4. The van der Waals surface area contributed by atoms with Crippen molar-refractivity contribution < 1.29 is 23.5 Å². The van der Waals surface area contributed by atoms with Gasteiger partial charge in [-0.2, -0.15) is 0 Å². The van der Waals surface area contributed by atoms with Gasteiger partial charge >= 0.3 is 6.03 Å². The Morgan fingerprint density at radius 2 is 1.81 bits per heavy atom. The molecule has 7 nitrogen and oxygen atoms in total. The van der Waals surface area contributed by atoms with Crippen LogP contribution < -0.4 is 5.32 Å². The number of ether oxygens (including phenoxy) is 1. The van der Waals surface area contributed by atoms with Crippen LogP contribution in [0.2, 0.25) is 0 Å². The highest BCUT2D eigenvalue weighted by Gasteiger charge is 2.51. The zero-order chi connectivity index (χ0) is 22.4. The second-order valence-electron chi connectivity index (χ2n) is 7.38. The third-order valence-corrected chi connectivity index (χ3v) is 5.47. The molecule has 164 valence electrons. The van der Waals surface area contributed by atoms with E-state index in [-0.39, 0.29) is 18.9 Å². The maximum atomic E-state index is 13.4. The standard InChI is InChI=1S/C23H26FN3O4/c1-3-23(18-9-11-19(24)12-10-18)21(29)27(22(30)25-23)16-20(28)26(13-14-31-2)15-17-7-5-4-6-8-17/h4-12H,3,13-16H2,1-2H3,(H,25,30). The van der Waals surface area contributed by atoms with E-state index in [0.29, 0.717) is 25.3 Å². The van der Waals surface area contributed by atoms with Gasteiger partial charge in [0.15, 0.2) is 0 Å². The Kier molecular flexibility index (Phi) is 7.02. The Bertz CT molecular complexity index is 936. The maximum Gasteiger partial charge on any atom is 0.325 e. The smallest absolute Gasteiger partial charge is 0.325 e. The highest BCUT2D eigenvalue weighted by atomic mass is 19.1. The summed E-state index contributed by atoms with van der Waals surface area (Å²) in [6.07, 6.45) is 0.269. The number of methoxy groups -OCH3 is 1. The quantitative estimate of drug-likeness (QED) is 0.624. The van der Waals surface area contributed by atoms with E-state index < -0.39 is 23.3 Å². The van der Waals surface area contributed by atoms with E-state index in [2.05, 4.69) is 5.32 Å².